The van der Waals surface area contributed by atoms with Gasteiger partial charge in [0.1, 0.15) is 5.75 Å². The van der Waals surface area contributed by atoms with Crippen LogP contribution in [0.25, 0.3) is 10.2 Å². The molecule has 0 aliphatic rings. The summed E-state index contributed by atoms with van der Waals surface area (Å²) in [5.74, 6) is 0.914. The van der Waals surface area contributed by atoms with Crippen molar-refractivity contribution in [3.8, 4) is 5.75 Å². The number of thiazole rings is 1. The van der Waals surface area contributed by atoms with Gasteiger partial charge in [-0.25, -0.2) is 4.98 Å². The second-order valence-corrected chi connectivity index (χ2v) is 7.85. The molecule has 0 atom stereocenters. The van der Waals surface area contributed by atoms with E-state index in [1.165, 1.54) is 4.70 Å². The van der Waals surface area contributed by atoms with Crippen LogP contribution < -0.4 is 9.46 Å². The van der Waals surface area contributed by atoms with E-state index in [4.69, 9.17) is 4.74 Å². The lowest BCUT2D eigenvalue weighted by molar-refractivity contribution is 0.310. The highest BCUT2D eigenvalue weighted by atomic mass is 32.2. The van der Waals surface area contributed by atoms with Gasteiger partial charge in [-0.15, -0.1) is 11.3 Å². The fraction of sp³-hybridized carbons (Fsp3) is 0.533. The molecule has 2 rings (SSSR count). The average Bonchev–Trinajstić information content (AvgIpc) is 2.78. The number of rotatable bonds is 6. The molecule has 20 heavy (non-hydrogen) atoms. The number of nitrogens with one attached hydrogen (secondary N) is 1. The van der Waals surface area contributed by atoms with Gasteiger partial charge in [-0.3, -0.25) is 4.72 Å². The minimum absolute atomic E-state index is 0.0803. The Labute approximate surface area is 129 Å². The quantitative estimate of drug-likeness (QED) is 0.609. The molecule has 2 aromatic rings. The topological polar surface area (TPSA) is 34.1 Å². The van der Waals surface area contributed by atoms with Crippen LogP contribution >= 0.6 is 23.3 Å². The van der Waals surface area contributed by atoms with Gasteiger partial charge in [0.05, 0.1) is 16.8 Å². The summed E-state index contributed by atoms with van der Waals surface area (Å²) in [5, 5.41) is 0. The zero-order chi connectivity index (χ0) is 14.6. The lowest BCUT2D eigenvalue weighted by atomic mass is 10.1. The summed E-state index contributed by atoms with van der Waals surface area (Å²) in [6.45, 7) is 9.38. The van der Waals surface area contributed by atoms with Crippen LogP contribution in [0.5, 0.6) is 5.75 Å². The third-order valence-electron chi connectivity index (χ3n) is 2.55. The molecule has 1 N–H and O–H groups in total. The first-order chi connectivity index (χ1) is 9.48. The van der Waals surface area contributed by atoms with Gasteiger partial charge in [0.15, 0.2) is 4.34 Å². The third kappa shape index (κ3) is 4.65. The van der Waals surface area contributed by atoms with E-state index in [1.54, 1.807) is 23.3 Å². The second kappa shape index (κ2) is 6.78. The number of benzene rings is 1. The minimum Gasteiger partial charge on any atom is -0.494 e. The Bertz CT molecular complexity index is 560. The molecule has 1 aromatic heterocycles. The van der Waals surface area contributed by atoms with E-state index >= 15 is 0 Å². The van der Waals surface area contributed by atoms with E-state index < -0.39 is 0 Å². The van der Waals surface area contributed by atoms with E-state index in [0.29, 0.717) is 0 Å². The highest BCUT2D eigenvalue weighted by molar-refractivity contribution is 7.99. The smallest absolute Gasteiger partial charge is 0.166 e. The lowest BCUT2D eigenvalue weighted by Crippen LogP contribution is -2.29. The molecule has 0 amide bonds. The minimum atomic E-state index is 0.0803. The first kappa shape index (κ1) is 15.6. The summed E-state index contributed by atoms with van der Waals surface area (Å²) in [4.78, 5) is 4.64. The van der Waals surface area contributed by atoms with Gasteiger partial charge in [0.25, 0.3) is 0 Å². The zero-order valence-electron chi connectivity index (χ0n) is 12.5. The van der Waals surface area contributed by atoms with Crippen LogP contribution in [0.3, 0.4) is 0 Å². The molecule has 1 heterocycles. The van der Waals surface area contributed by atoms with Crippen molar-refractivity contribution in [2.75, 3.05) is 6.61 Å². The van der Waals surface area contributed by atoms with Gasteiger partial charge in [0, 0.05) is 11.6 Å². The standard InChI is InChI=1S/C15H22N2OS2/c1-5-6-9-18-11-7-8-13-12(10-11)16-14(19-13)20-17-15(2,3)4/h7-8,10,17H,5-6,9H2,1-4H3. The molecular weight excluding hydrogens is 288 g/mol. The second-order valence-electron chi connectivity index (χ2n) is 5.77. The molecule has 0 fully saturated rings. The fourth-order valence-electron chi connectivity index (χ4n) is 1.55. The maximum atomic E-state index is 5.72. The van der Waals surface area contributed by atoms with Gasteiger partial charge in [-0.2, -0.15) is 0 Å². The Hall–Kier alpha value is -0.780. The Morgan fingerprint density at radius 3 is 2.85 bits per heavy atom. The number of ether oxygens (including phenoxy) is 1. The van der Waals surface area contributed by atoms with Crippen LogP contribution in [0.2, 0.25) is 0 Å². The lowest BCUT2D eigenvalue weighted by Gasteiger charge is -2.17. The summed E-state index contributed by atoms with van der Waals surface area (Å²) in [5.41, 5.74) is 1.10. The molecule has 0 radical (unpaired) electrons. The first-order valence-corrected chi connectivity index (χ1v) is 8.58. The Kier molecular flexibility index (Phi) is 5.29. The average molecular weight is 310 g/mol. The number of hydrogen-bond donors (Lipinski definition) is 1. The van der Waals surface area contributed by atoms with Crippen LogP contribution in [-0.4, -0.2) is 17.1 Å². The monoisotopic (exact) mass is 310 g/mol. The third-order valence-corrected chi connectivity index (χ3v) is 4.86. The molecule has 0 saturated carbocycles. The van der Waals surface area contributed by atoms with E-state index in [-0.39, 0.29) is 5.54 Å². The predicted octanol–water partition coefficient (Wildman–Crippen LogP) is 4.87. The van der Waals surface area contributed by atoms with Gasteiger partial charge < -0.3 is 4.74 Å². The summed E-state index contributed by atoms with van der Waals surface area (Å²) in [6, 6.07) is 6.15. The van der Waals surface area contributed by atoms with Crippen LogP contribution in [0.1, 0.15) is 40.5 Å². The SMILES string of the molecule is CCCCOc1ccc2sc(SNC(C)(C)C)nc2c1. The number of unbranched alkanes of at least 4 members (excludes halogenated alkanes) is 1. The molecular formula is C15H22N2OS2. The van der Waals surface area contributed by atoms with Crippen LogP contribution in [0, 0.1) is 0 Å². The molecule has 0 saturated heterocycles. The van der Waals surface area contributed by atoms with Crippen molar-refractivity contribution in [2.45, 2.75) is 50.4 Å². The Morgan fingerprint density at radius 2 is 2.15 bits per heavy atom. The van der Waals surface area contributed by atoms with E-state index in [0.717, 1.165) is 35.1 Å². The van der Waals surface area contributed by atoms with Gasteiger partial charge >= 0.3 is 0 Å². The van der Waals surface area contributed by atoms with Crippen LogP contribution in [0.4, 0.5) is 0 Å². The van der Waals surface area contributed by atoms with Crippen molar-refractivity contribution < 1.29 is 4.74 Å². The molecule has 0 aliphatic heterocycles. The number of fused-ring (bicyclic) bond motifs is 1. The maximum absolute atomic E-state index is 5.72. The molecule has 5 heteroatoms. The van der Waals surface area contributed by atoms with Crippen molar-refractivity contribution in [1.29, 1.82) is 0 Å². The number of hydrogen-bond acceptors (Lipinski definition) is 5. The van der Waals surface area contributed by atoms with Crippen molar-refractivity contribution in [3.05, 3.63) is 18.2 Å². The van der Waals surface area contributed by atoms with E-state index in [1.807, 2.05) is 12.1 Å². The molecule has 0 spiro atoms. The van der Waals surface area contributed by atoms with Gasteiger partial charge in [0.2, 0.25) is 0 Å². The van der Waals surface area contributed by atoms with Crippen LogP contribution in [-0.2, 0) is 0 Å². The molecule has 3 nitrogen and oxygen atoms in total. The normalized spacial score (nSPS) is 12.0. The zero-order valence-corrected chi connectivity index (χ0v) is 14.2. The largest absolute Gasteiger partial charge is 0.494 e. The van der Waals surface area contributed by atoms with Gasteiger partial charge in [-0.05, 0) is 51.3 Å². The van der Waals surface area contributed by atoms with Crippen molar-refractivity contribution in [3.63, 3.8) is 0 Å². The molecule has 110 valence electrons. The van der Waals surface area contributed by atoms with E-state index in [2.05, 4.69) is 43.5 Å². The number of aromatic nitrogens is 1. The number of nitrogens with zero attached hydrogens (tertiary/aromatic N) is 1. The summed E-state index contributed by atoms with van der Waals surface area (Å²) in [7, 11) is 0. The van der Waals surface area contributed by atoms with Crippen molar-refractivity contribution in [1.82, 2.24) is 9.71 Å². The molecule has 0 bridgehead atoms. The fourth-order valence-corrected chi connectivity index (χ4v) is 3.33. The highest BCUT2D eigenvalue weighted by Crippen LogP contribution is 2.31. The summed E-state index contributed by atoms with van der Waals surface area (Å²) < 4.78 is 11.4. The molecule has 1 aromatic carbocycles. The molecule has 0 unspecified atom stereocenters. The van der Waals surface area contributed by atoms with Crippen LogP contribution in [0.15, 0.2) is 22.5 Å². The Balaban J connectivity index is 2.05. The first-order valence-electron chi connectivity index (χ1n) is 6.95. The van der Waals surface area contributed by atoms with Crippen molar-refractivity contribution >= 4 is 33.5 Å². The Morgan fingerprint density at radius 1 is 1.35 bits per heavy atom. The summed E-state index contributed by atoms with van der Waals surface area (Å²) in [6.07, 6.45) is 2.24. The van der Waals surface area contributed by atoms with Gasteiger partial charge in [-0.1, -0.05) is 13.3 Å². The highest BCUT2D eigenvalue weighted by Gasteiger charge is 2.12. The van der Waals surface area contributed by atoms with E-state index in [9.17, 15) is 0 Å². The maximum Gasteiger partial charge on any atom is 0.166 e. The predicted molar refractivity (Wildman–Crippen MR) is 88.8 cm³/mol. The molecule has 0 aliphatic carbocycles. The van der Waals surface area contributed by atoms with Crippen molar-refractivity contribution in [2.24, 2.45) is 0 Å². The summed E-state index contributed by atoms with van der Waals surface area (Å²) >= 11 is 3.31.